The molecule has 0 radical (unpaired) electrons. The number of halogens is 1. The lowest BCUT2D eigenvalue weighted by Gasteiger charge is -2.15. The first-order chi connectivity index (χ1) is 8.28. The zero-order valence-electron chi connectivity index (χ0n) is 10.4. The highest BCUT2D eigenvalue weighted by Crippen LogP contribution is 2.21. The third-order valence-corrected chi connectivity index (χ3v) is 4.71. The van der Waals surface area contributed by atoms with E-state index in [2.05, 4.69) is 23.2 Å². The van der Waals surface area contributed by atoms with E-state index in [-0.39, 0.29) is 0 Å². The minimum atomic E-state index is 0.882. The van der Waals surface area contributed by atoms with Gasteiger partial charge in [-0.05, 0) is 31.0 Å². The average Bonchev–Trinajstić information content (AvgIpc) is 2.93. The van der Waals surface area contributed by atoms with Gasteiger partial charge >= 0.3 is 0 Å². The molecule has 1 atom stereocenters. The van der Waals surface area contributed by atoms with Crippen LogP contribution in [-0.2, 0) is 6.54 Å². The van der Waals surface area contributed by atoms with Gasteiger partial charge in [0.1, 0.15) is 0 Å². The maximum atomic E-state index is 5.89. The Morgan fingerprint density at radius 1 is 1.53 bits per heavy atom. The molecule has 2 heterocycles. The van der Waals surface area contributed by atoms with E-state index in [1.54, 1.807) is 11.3 Å². The number of hydrogen-bond acceptors (Lipinski definition) is 3. The molecule has 0 bridgehead atoms. The summed E-state index contributed by atoms with van der Waals surface area (Å²) < 4.78 is 0.882. The maximum absolute atomic E-state index is 5.89. The first kappa shape index (κ1) is 13.3. The van der Waals surface area contributed by atoms with Crippen LogP contribution in [0.4, 0.5) is 0 Å². The normalized spacial score (nSPS) is 21.2. The molecule has 4 heteroatoms. The second-order valence-corrected chi connectivity index (χ2v) is 6.55. The molecule has 1 aliphatic heterocycles. The molecule has 0 spiro atoms. The lowest BCUT2D eigenvalue weighted by Crippen LogP contribution is -2.30. The van der Waals surface area contributed by atoms with Crippen molar-refractivity contribution in [3.05, 3.63) is 21.3 Å². The van der Waals surface area contributed by atoms with Gasteiger partial charge in [-0.15, -0.1) is 11.3 Å². The fourth-order valence-corrected chi connectivity index (χ4v) is 3.40. The highest BCUT2D eigenvalue weighted by Gasteiger charge is 2.19. The van der Waals surface area contributed by atoms with Crippen molar-refractivity contribution >= 4 is 22.9 Å². The van der Waals surface area contributed by atoms with E-state index in [1.165, 1.54) is 37.4 Å². The zero-order valence-corrected chi connectivity index (χ0v) is 12.0. The first-order valence-corrected chi connectivity index (χ1v) is 7.64. The first-order valence-electron chi connectivity index (χ1n) is 6.45. The van der Waals surface area contributed by atoms with Crippen LogP contribution in [0.2, 0.25) is 4.34 Å². The van der Waals surface area contributed by atoms with Crippen molar-refractivity contribution < 1.29 is 0 Å². The summed E-state index contributed by atoms with van der Waals surface area (Å²) in [7, 11) is 0. The molecule has 17 heavy (non-hydrogen) atoms. The fraction of sp³-hybridized carbons (Fsp3) is 0.692. The van der Waals surface area contributed by atoms with E-state index >= 15 is 0 Å². The molecule has 96 valence electrons. The van der Waals surface area contributed by atoms with E-state index < -0.39 is 0 Å². The summed E-state index contributed by atoms with van der Waals surface area (Å²) in [5.74, 6) is 0.936. The van der Waals surface area contributed by atoms with Gasteiger partial charge in [-0.25, -0.2) is 0 Å². The van der Waals surface area contributed by atoms with Crippen molar-refractivity contribution in [3.63, 3.8) is 0 Å². The topological polar surface area (TPSA) is 15.3 Å². The molecular weight excluding hydrogens is 252 g/mol. The molecule has 1 N–H and O–H groups in total. The van der Waals surface area contributed by atoms with Crippen LogP contribution in [0.15, 0.2) is 12.1 Å². The van der Waals surface area contributed by atoms with E-state index in [9.17, 15) is 0 Å². The maximum Gasteiger partial charge on any atom is 0.0931 e. The SMILES string of the molecule is CCC1CCN(CCNCc2ccc(Cl)s2)C1. The summed E-state index contributed by atoms with van der Waals surface area (Å²) in [6.07, 6.45) is 2.72. The molecular formula is C13H21ClN2S. The van der Waals surface area contributed by atoms with Gasteiger partial charge in [0.2, 0.25) is 0 Å². The van der Waals surface area contributed by atoms with Gasteiger partial charge in [-0.2, -0.15) is 0 Å². The Kier molecular flexibility index (Phi) is 5.29. The van der Waals surface area contributed by atoms with Crippen molar-refractivity contribution in [2.24, 2.45) is 5.92 Å². The van der Waals surface area contributed by atoms with Crippen LogP contribution in [0, 0.1) is 5.92 Å². The van der Waals surface area contributed by atoms with E-state index in [1.807, 2.05) is 6.07 Å². The molecule has 0 aromatic carbocycles. The minimum absolute atomic E-state index is 0.882. The Morgan fingerprint density at radius 2 is 2.41 bits per heavy atom. The minimum Gasteiger partial charge on any atom is -0.311 e. The molecule has 1 unspecified atom stereocenters. The molecule has 0 saturated carbocycles. The summed E-state index contributed by atoms with van der Waals surface area (Å²) in [6, 6.07) is 4.07. The highest BCUT2D eigenvalue weighted by atomic mass is 35.5. The summed E-state index contributed by atoms with van der Waals surface area (Å²) in [4.78, 5) is 3.89. The monoisotopic (exact) mass is 272 g/mol. The van der Waals surface area contributed by atoms with Crippen molar-refractivity contribution in [1.29, 1.82) is 0 Å². The lowest BCUT2D eigenvalue weighted by atomic mass is 10.1. The van der Waals surface area contributed by atoms with Gasteiger partial charge in [0.15, 0.2) is 0 Å². The third-order valence-electron chi connectivity index (χ3n) is 3.48. The molecule has 1 fully saturated rings. The summed E-state index contributed by atoms with van der Waals surface area (Å²) >= 11 is 7.56. The molecule has 1 aromatic rings. The lowest BCUT2D eigenvalue weighted by molar-refractivity contribution is 0.320. The summed E-state index contributed by atoms with van der Waals surface area (Å²) in [5, 5.41) is 3.48. The van der Waals surface area contributed by atoms with Crippen LogP contribution in [-0.4, -0.2) is 31.1 Å². The van der Waals surface area contributed by atoms with Crippen LogP contribution < -0.4 is 5.32 Å². The summed E-state index contributed by atoms with van der Waals surface area (Å²) in [6.45, 7) is 8.07. The predicted molar refractivity (Wildman–Crippen MR) is 75.9 cm³/mol. The van der Waals surface area contributed by atoms with Gasteiger partial charge in [-0.1, -0.05) is 24.9 Å². The molecule has 0 aliphatic carbocycles. The number of rotatable bonds is 6. The van der Waals surface area contributed by atoms with Crippen molar-refractivity contribution in [2.45, 2.75) is 26.3 Å². The molecule has 2 rings (SSSR count). The van der Waals surface area contributed by atoms with Crippen LogP contribution in [0.3, 0.4) is 0 Å². The van der Waals surface area contributed by atoms with E-state index in [0.29, 0.717) is 0 Å². The molecule has 2 nitrogen and oxygen atoms in total. The smallest absolute Gasteiger partial charge is 0.0931 e. The average molecular weight is 273 g/mol. The molecule has 0 amide bonds. The van der Waals surface area contributed by atoms with Crippen LogP contribution in [0.1, 0.15) is 24.6 Å². The number of hydrogen-bond donors (Lipinski definition) is 1. The highest BCUT2D eigenvalue weighted by molar-refractivity contribution is 7.16. The summed E-state index contributed by atoms with van der Waals surface area (Å²) in [5.41, 5.74) is 0. The fourth-order valence-electron chi connectivity index (χ4n) is 2.34. The Labute approximate surface area is 113 Å². The second kappa shape index (κ2) is 6.74. The number of nitrogens with zero attached hydrogens (tertiary/aromatic N) is 1. The Morgan fingerprint density at radius 3 is 3.06 bits per heavy atom. The zero-order chi connectivity index (χ0) is 12.1. The van der Waals surface area contributed by atoms with Crippen LogP contribution in [0.5, 0.6) is 0 Å². The van der Waals surface area contributed by atoms with Crippen molar-refractivity contribution in [3.8, 4) is 0 Å². The number of likely N-dealkylation sites (tertiary alicyclic amines) is 1. The molecule has 1 aliphatic rings. The van der Waals surface area contributed by atoms with Gasteiger partial charge < -0.3 is 10.2 Å². The Balaban J connectivity index is 1.57. The largest absolute Gasteiger partial charge is 0.311 e. The Bertz CT molecular complexity index is 340. The molecule has 1 saturated heterocycles. The number of nitrogens with one attached hydrogen (secondary N) is 1. The van der Waals surface area contributed by atoms with Gasteiger partial charge in [0, 0.05) is 31.1 Å². The third kappa shape index (κ3) is 4.25. The van der Waals surface area contributed by atoms with Gasteiger partial charge in [0.05, 0.1) is 4.34 Å². The van der Waals surface area contributed by atoms with Crippen LogP contribution in [0.25, 0.3) is 0 Å². The van der Waals surface area contributed by atoms with Crippen molar-refractivity contribution in [1.82, 2.24) is 10.2 Å². The second-order valence-electron chi connectivity index (χ2n) is 4.75. The predicted octanol–water partition coefficient (Wildman–Crippen LogP) is 3.22. The quantitative estimate of drug-likeness (QED) is 0.800. The standard InChI is InChI=1S/C13H21ClN2S/c1-2-11-5-7-16(10-11)8-6-15-9-12-3-4-13(14)17-12/h3-4,11,15H,2,5-10H2,1H3. The number of thiophene rings is 1. The van der Waals surface area contributed by atoms with E-state index in [0.717, 1.165) is 23.3 Å². The van der Waals surface area contributed by atoms with Crippen molar-refractivity contribution in [2.75, 3.05) is 26.2 Å². The Hall–Kier alpha value is -0.0900. The van der Waals surface area contributed by atoms with E-state index in [4.69, 9.17) is 11.6 Å². The van der Waals surface area contributed by atoms with Gasteiger partial charge in [-0.3, -0.25) is 0 Å². The molecule has 1 aromatic heterocycles. The van der Waals surface area contributed by atoms with Gasteiger partial charge in [0.25, 0.3) is 0 Å². The van der Waals surface area contributed by atoms with Crippen LogP contribution >= 0.6 is 22.9 Å².